The predicted molar refractivity (Wildman–Crippen MR) is 106 cm³/mol. The van der Waals surface area contributed by atoms with Gasteiger partial charge in [-0.05, 0) is 56.2 Å². The maximum Gasteiger partial charge on any atom is 0.242 e. The van der Waals surface area contributed by atoms with Crippen LogP contribution in [0.3, 0.4) is 0 Å². The molecule has 0 spiro atoms. The largest absolute Gasteiger partial charge is 0.483 e. The van der Waals surface area contributed by atoms with Crippen LogP contribution in [-0.2, 0) is 11.3 Å². The summed E-state index contributed by atoms with van der Waals surface area (Å²) in [6.07, 6.45) is 1.86. The smallest absolute Gasteiger partial charge is 0.242 e. The van der Waals surface area contributed by atoms with E-state index >= 15 is 0 Å². The van der Waals surface area contributed by atoms with Crippen LogP contribution in [0.4, 0.5) is 0 Å². The van der Waals surface area contributed by atoms with Gasteiger partial charge in [0.05, 0.1) is 11.0 Å². The number of hydrogen-bond donors (Lipinski definition) is 0. The third kappa shape index (κ3) is 3.78. The van der Waals surface area contributed by atoms with Crippen LogP contribution in [0.2, 0.25) is 5.02 Å². The van der Waals surface area contributed by atoms with Crippen LogP contribution in [0.5, 0.6) is 5.75 Å². The van der Waals surface area contributed by atoms with Crippen molar-refractivity contribution in [1.29, 1.82) is 0 Å². The van der Waals surface area contributed by atoms with E-state index in [1.165, 1.54) is 0 Å². The van der Waals surface area contributed by atoms with Gasteiger partial charge in [0.15, 0.2) is 11.9 Å². The summed E-state index contributed by atoms with van der Waals surface area (Å²) in [4.78, 5) is 19.4. The Bertz CT molecular complexity index is 946. The zero-order chi connectivity index (χ0) is 18.8. The standard InChI is InChI=1S/C21H22ClN3O2/c1-15(27-17-10-8-16(22)9-11-17)21-23-18-6-2-3-7-19(18)25(21)14-20(26)24-12-4-5-13-24/h2-3,6-11,15H,4-5,12-14H2,1H3. The molecule has 0 N–H and O–H groups in total. The van der Waals surface area contributed by atoms with Crippen molar-refractivity contribution in [1.82, 2.24) is 14.5 Å². The number of hydrogen-bond acceptors (Lipinski definition) is 3. The zero-order valence-corrected chi connectivity index (χ0v) is 16.0. The number of nitrogens with zero attached hydrogens (tertiary/aromatic N) is 3. The van der Waals surface area contributed by atoms with Gasteiger partial charge in [-0.1, -0.05) is 23.7 Å². The normalized spacial score (nSPS) is 15.3. The molecule has 140 valence electrons. The first kappa shape index (κ1) is 17.9. The number of ether oxygens (including phenoxy) is 1. The second-order valence-electron chi connectivity index (χ2n) is 6.85. The van der Waals surface area contributed by atoms with Gasteiger partial charge in [0.2, 0.25) is 5.91 Å². The molecule has 3 aromatic rings. The molecule has 27 heavy (non-hydrogen) atoms. The number of imidazole rings is 1. The molecule has 0 aliphatic carbocycles. The highest BCUT2D eigenvalue weighted by Crippen LogP contribution is 2.26. The Kier molecular flexibility index (Phi) is 5.03. The Labute approximate surface area is 163 Å². The summed E-state index contributed by atoms with van der Waals surface area (Å²) >= 11 is 5.95. The predicted octanol–water partition coefficient (Wildman–Crippen LogP) is 4.45. The molecule has 5 nitrogen and oxygen atoms in total. The zero-order valence-electron chi connectivity index (χ0n) is 15.3. The van der Waals surface area contributed by atoms with Gasteiger partial charge in [-0.2, -0.15) is 0 Å². The topological polar surface area (TPSA) is 47.4 Å². The molecule has 6 heteroatoms. The van der Waals surface area contributed by atoms with Gasteiger partial charge in [-0.25, -0.2) is 4.98 Å². The molecule has 1 atom stereocenters. The molecule has 1 aliphatic rings. The Morgan fingerprint density at radius 3 is 2.59 bits per heavy atom. The first-order valence-corrected chi connectivity index (χ1v) is 9.65. The lowest BCUT2D eigenvalue weighted by Crippen LogP contribution is -2.31. The summed E-state index contributed by atoms with van der Waals surface area (Å²) in [6.45, 7) is 3.92. The van der Waals surface area contributed by atoms with Crippen molar-refractivity contribution in [2.24, 2.45) is 0 Å². The number of benzene rings is 2. The minimum atomic E-state index is -0.301. The van der Waals surface area contributed by atoms with E-state index in [4.69, 9.17) is 21.3 Å². The number of fused-ring (bicyclic) bond motifs is 1. The highest BCUT2D eigenvalue weighted by atomic mass is 35.5. The molecule has 1 fully saturated rings. The molecule has 0 bridgehead atoms. The van der Waals surface area contributed by atoms with Crippen LogP contribution in [0.25, 0.3) is 11.0 Å². The van der Waals surface area contributed by atoms with E-state index in [9.17, 15) is 4.79 Å². The van der Waals surface area contributed by atoms with E-state index in [1.54, 1.807) is 12.1 Å². The first-order valence-electron chi connectivity index (χ1n) is 9.27. The number of para-hydroxylation sites is 2. The van der Waals surface area contributed by atoms with E-state index in [1.807, 2.05) is 52.8 Å². The summed E-state index contributed by atoms with van der Waals surface area (Å²) in [5.41, 5.74) is 1.82. The minimum Gasteiger partial charge on any atom is -0.483 e. The van der Waals surface area contributed by atoms with Crippen LogP contribution < -0.4 is 4.74 Å². The van der Waals surface area contributed by atoms with Crippen molar-refractivity contribution in [2.45, 2.75) is 32.4 Å². The fraction of sp³-hybridized carbons (Fsp3) is 0.333. The van der Waals surface area contributed by atoms with Crippen LogP contribution in [-0.4, -0.2) is 33.4 Å². The van der Waals surface area contributed by atoms with Crippen LogP contribution in [0.1, 0.15) is 31.7 Å². The SMILES string of the molecule is CC(Oc1ccc(Cl)cc1)c1nc2ccccc2n1CC(=O)N1CCCC1. The number of carbonyl (C=O) groups excluding carboxylic acids is 1. The molecular formula is C21H22ClN3O2. The van der Waals surface area contributed by atoms with Gasteiger partial charge in [-0.3, -0.25) is 4.79 Å². The average Bonchev–Trinajstić information content (AvgIpc) is 3.32. The molecule has 4 rings (SSSR count). The lowest BCUT2D eigenvalue weighted by Gasteiger charge is -2.19. The molecule has 1 aromatic heterocycles. The molecule has 1 amide bonds. The lowest BCUT2D eigenvalue weighted by molar-refractivity contribution is -0.130. The molecule has 1 saturated heterocycles. The number of halogens is 1. The fourth-order valence-electron chi connectivity index (χ4n) is 3.54. The van der Waals surface area contributed by atoms with Crippen LogP contribution in [0, 0.1) is 0 Å². The summed E-state index contributed by atoms with van der Waals surface area (Å²) in [5, 5.41) is 0.665. The molecule has 0 radical (unpaired) electrons. The Morgan fingerprint density at radius 2 is 1.85 bits per heavy atom. The molecular weight excluding hydrogens is 362 g/mol. The summed E-state index contributed by atoms with van der Waals surface area (Å²) in [6, 6.07) is 15.1. The second-order valence-corrected chi connectivity index (χ2v) is 7.28. The molecule has 2 aromatic carbocycles. The highest BCUT2D eigenvalue weighted by Gasteiger charge is 2.23. The monoisotopic (exact) mass is 383 g/mol. The molecule has 0 saturated carbocycles. The van der Waals surface area contributed by atoms with Crippen molar-refractivity contribution in [3.8, 4) is 5.75 Å². The summed E-state index contributed by atoms with van der Waals surface area (Å²) in [7, 11) is 0. The number of amides is 1. The number of rotatable bonds is 5. The maximum absolute atomic E-state index is 12.7. The van der Waals surface area contributed by atoms with Gasteiger partial charge in [0.1, 0.15) is 12.3 Å². The quantitative estimate of drug-likeness (QED) is 0.653. The summed E-state index contributed by atoms with van der Waals surface area (Å²) in [5.74, 6) is 1.60. The molecule has 1 unspecified atom stereocenters. The Morgan fingerprint density at radius 1 is 1.15 bits per heavy atom. The molecule has 1 aliphatic heterocycles. The number of carbonyl (C=O) groups is 1. The lowest BCUT2D eigenvalue weighted by atomic mass is 10.3. The van der Waals surface area contributed by atoms with Crippen molar-refractivity contribution < 1.29 is 9.53 Å². The third-order valence-corrected chi connectivity index (χ3v) is 5.18. The van der Waals surface area contributed by atoms with Crippen LogP contribution >= 0.6 is 11.6 Å². The fourth-order valence-corrected chi connectivity index (χ4v) is 3.67. The van der Waals surface area contributed by atoms with E-state index < -0.39 is 0 Å². The molecule has 2 heterocycles. The highest BCUT2D eigenvalue weighted by molar-refractivity contribution is 6.30. The van der Waals surface area contributed by atoms with Gasteiger partial charge >= 0.3 is 0 Å². The van der Waals surface area contributed by atoms with Gasteiger partial charge in [0.25, 0.3) is 0 Å². The Hall–Kier alpha value is -2.53. The Balaban J connectivity index is 1.64. The van der Waals surface area contributed by atoms with E-state index in [2.05, 4.69) is 0 Å². The van der Waals surface area contributed by atoms with Gasteiger partial charge in [-0.15, -0.1) is 0 Å². The number of likely N-dealkylation sites (tertiary alicyclic amines) is 1. The van der Waals surface area contributed by atoms with Crippen molar-refractivity contribution >= 4 is 28.5 Å². The maximum atomic E-state index is 12.7. The number of aromatic nitrogens is 2. The van der Waals surface area contributed by atoms with Crippen molar-refractivity contribution in [3.05, 3.63) is 59.4 Å². The van der Waals surface area contributed by atoms with Gasteiger partial charge in [0, 0.05) is 18.1 Å². The van der Waals surface area contributed by atoms with E-state index in [0.29, 0.717) is 5.02 Å². The average molecular weight is 384 g/mol. The third-order valence-electron chi connectivity index (χ3n) is 4.93. The minimum absolute atomic E-state index is 0.135. The van der Waals surface area contributed by atoms with Crippen molar-refractivity contribution in [3.63, 3.8) is 0 Å². The first-order chi connectivity index (χ1) is 13.1. The second kappa shape index (κ2) is 7.61. The van der Waals surface area contributed by atoms with Gasteiger partial charge < -0.3 is 14.2 Å². The van der Waals surface area contributed by atoms with E-state index in [-0.39, 0.29) is 18.6 Å². The van der Waals surface area contributed by atoms with Crippen LogP contribution in [0.15, 0.2) is 48.5 Å². The summed E-state index contributed by atoms with van der Waals surface area (Å²) < 4.78 is 8.05. The van der Waals surface area contributed by atoms with E-state index in [0.717, 1.165) is 48.5 Å². The van der Waals surface area contributed by atoms with Crippen molar-refractivity contribution in [2.75, 3.05) is 13.1 Å².